The lowest BCUT2D eigenvalue weighted by molar-refractivity contribution is -0.384. The average Bonchev–Trinajstić information content (AvgIpc) is 2.56. The topological polar surface area (TPSA) is 81.5 Å². The van der Waals surface area contributed by atoms with Crippen LogP contribution < -0.4 is 5.32 Å². The summed E-state index contributed by atoms with van der Waals surface area (Å²) < 4.78 is 5.19. The van der Waals surface area contributed by atoms with Crippen molar-refractivity contribution in [3.8, 4) is 0 Å². The lowest BCUT2D eigenvalue weighted by atomic mass is 9.96. The maximum Gasteiger partial charge on any atom is 0.407 e. The number of alkyl carbamates (subject to hydrolysis) is 1. The number of aryl methyl sites for hydroxylation is 1. The minimum atomic E-state index is -0.400. The van der Waals surface area contributed by atoms with Gasteiger partial charge in [0.15, 0.2) is 0 Å². The number of nitrogens with one attached hydrogen (secondary N) is 1. The number of nitrogens with zero attached hydrogens (tertiary/aromatic N) is 1. The van der Waals surface area contributed by atoms with E-state index in [1.165, 1.54) is 31.4 Å². The van der Waals surface area contributed by atoms with Gasteiger partial charge < -0.3 is 10.1 Å². The van der Waals surface area contributed by atoms with Crippen molar-refractivity contribution in [3.05, 3.63) is 39.9 Å². The zero-order chi connectivity index (χ0) is 16.5. The van der Waals surface area contributed by atoms with Crippen LogP contribution in [0.5, 0.6) is 0 Å². The van der Waals surface area contributed by atoms with E-state index in [2.05, 4.69) is 5.32 Å². The molecule has 0 bridgehead atoms. The predicted molar refractivity (Wildman–Crippen MR) is 87.4 cm³/mol. The van der Waals surface area contributed by atoms with Crippen molar-refractivity contribution in [2.24, 2.45) is 0 Å². The van der Waals surface area contributed by atoms with Crippen LogP contribution in [0.1, 0.15) is 50.5 Å². The highest BCUT2D eigenvalue weighted by molar-refractivity contribution is 5.67. The van der Waals surface area contributed by atoms with E-state index in [-0.39, 0.29) is 17.8 Å². The number of unbranched alkanes of at least 4 members (excludes halogenated alkanes) is 1. The van der Waals surface area contributed by atoms with Crippen LogP contribution in [-0.4, -0.2) is 23.7 Å². The molecule has 1 amide bonds. The Bertz CT molecular complexity index is 510. The highest BCUT2D eigenvalue weighted by Crippen LogP contribution is 2.17. The molecule has 1 saturated carbocycles. The van der Waals surface area contributed by atoms with Crippen LogP contribution in [0.2, 0.25) is 0 Å². The Balaban J connectivity index is 1.56. The molecule has 1 N–H and O–H groups in total. The van der Waals surface area contributed by atoms with Crippen LogP contribution in [0, 0.1) is 10.1 Å². The molecule has 0 spiro atoms. The first-order valence-electron chi connectivity index (χ1n) is 8.32. The van der Waals surface area contributed by atoms with E-state index in [0.717, 1.165) is 37.7 Å². The highest BCUT2D eigenvalue weighted by atomic mass is 16.6. The molecule has 1 aliphatic carbocycles. The Labute approximate surface area is 136 Å². The molecule has 1 fully saturated rings. The summed E-state index contributed by atoms with van der Waals surface area (Å²) in [5.74, 6) is 0. The number of hydrogen-bond acceptors (Lipinski definition) is 4. The average molecular weight is 320 g/mol. The Kier molecular flexibility index (Phi) is 6.84. The predicted octanol–water partition coefficient (Wildman–Crippen LogP) is 3.98. The van der Waals surface area contributed by atoms with Gasteiger partial charge >= 0.3 is 6.09 Å². The van der Waals surface area contributed by atoms with Crippen molar-refractivity contribution >= 4 is 11.8 Å². The minimum absolute atomic E-state index is 0.108. The number of hydrogen-bond donors (Lipinski definition) is 1. The number of carbonyl (C=O) groups excluding carboxylic acids is 1. The highest BCUT2D eigenvalue weighted by Gasteiger charge is 2.15. The summed E-state index contributed by atoms with van der Waals surface area (Å²) in [5.41, 5.74) is 1.17. The van der Waals surface area contributed by atoms with E-state index in [4.69, 9.17) is 4.74 Å². The first-order chi connectivity index (χ1) is 11.1. The van der Waals surface area contributed by atoms with Crippen LogP contribution in [-0.2, 0) is 11.2 Å². The van der Waals surface area contributed by atoms with Crippen LogP contribution in [0.15, 0.2) is 24.3 Å². The van der Waals surface area contributed by atoms with Crippen LogP contribution >= 0.6 is 0 Å². The van der Waals surface area contributed by atoms with E-state index >= 15 is 0 Å². The summed E-state index contributed by atoms with van der Waals surface area (Å²) in [6.07, 6.45) is 7.91. The second-order valence-corrected chi connectivity index (χ2v) is 6.00. The van der Waals surface area contributed by atoms with Crippen molar-refractivity contribution in [1.29, 1.82) is 0 Å². The molecule has 0 radical (unpaired) electrons. The van der Waals surface area contributed by atoms with E-state index in [0.29, 0.717) is 6.61 Å². The van der Waals surface area contributed by atoms with Gasteiger partial charge in [-0.3, -0.25) is 10.1 Å². The molecule has 6 nitrogen and oxygen atoms in total. The van der Waals surface area contributed by atoms with Crippen molar-refractivity contribution in [3.63, 3.8) is 0 Å². The molecule has 0 heterocycles. The Hall–Kier alpha value is -2.11. The van der Waals surface area contributed by atoms with E-state index < -0.39 is 4.92 Å². The second-order valence-electron chi connectivity index (χ2n) is 6.00. The number of nitro groups is 1. The Morgan fingerprint density at radius 2 is 1.87 bits per heavy atom. The fourth-order valence-corrected chi connectivity index (χ4v) is 2.84. The van der Waals surface area contributed by atoms with Crippen LogP contribution in [0.25, 0.3) is 0 Å². The second kappa shape index (κ2) is 9.12. The van der Waals surface area contributed by atoms with Crippen molar-refractivity contribution in [2.75, 3.05) is 6.61 Å². The van der Waals surface area contributed by atoms with Crippen LogP contribution in [0.4, 0.5) is 10.5 Å². The van der Waals surface area contributed by atoms with Crippen molar-refractivity contribution in [2.45, 2.75) is 57.4 Å². The molecule has 23 heavy (non-hydrogen) atoms. The quantitative estimate of drug-likeness (QED) is 0.468. The van der Waals surface area contributed by atoms with Gasteiger partial charge in [0.25, 0.3) is 5.69 Å². The largest absolute Gasteiger partial charge is 0.450 e. The molecule has 0 atom stereocenters. The summed E-state index contributed by atoms with van der Waals surface area (Å²) in [5, 5.41) is 13.5. The fraction of sp³-hybridized carbons (Fsp3) is 0.588. The number of carbonyl (C=O) groups is 1. The number of nitro benzene ring substituents is 1. The lowest BCUT2D eigenvalue weighted by Crippen LogP contribution is -2.36. The summed E-state index contributed by atoms with van der Waals surface area (Å²) >= 11 is 0. The van der Waals surface area contributed by atoms with E-state index in [1.807, 2.05) is 0 Å². The number of rotatable bonds is 7. The summed E-state index contributed by atoms with van der Waals surface area (Å²) in [7, 11) is 0. The summed E-state index contributed by atoms with van der Waals surface area (Å²) in [6, 6.07) is 6.85. The maximum absolute atomic E-state index is 11.6. The maximum atomic E-state index is 11.6. The molecule has 0 unspecified atom stereocenters. The van der Waals surface area contributed by atoms with Gasteiger partial charge in [0.05, 0.1) is 11.5 Å². The van der Waals surface area contributed by atoms with E-state index in [9.17, 15) is 14.9 Å². The van der Waals surface area contributed by atoms with Gasteiger partial charge in [-0.2, -0.15) is 0 Å². The van der Waals surface area contributed by atoms with Crippen molar-refractivity contribution in [1.82, 2.24) is 5.32 Å². The lowest BCUT2D eigenvalue weighted by Gasteiger charge is -2.22. The standard InChI is InChI=1S/C17H24N2O4/c20-17(18-15-7-2-1-3-8-15)23-13-5-4-6-14-9-11-16(12-10-14)19(21)22/h9-12,15H,1-8,13H2,(H,18,20). The van der Waals surface area contributed by atoms with Gasteiger partial charge in [-0.05, 0) is 37.7 Å². The molecule has 0 aliphatic heterocycles. The van der Waals surface area contributed by atoms with Gasteiger partial charge in [0.1, 0.15) is 0 Å². The first kappa shape index (κ1) is 17.2. The fourth-order valence-electron chi connectivity index (χ4n) is 2.84. The number of non-ortho nitro benzene ring substituents is 1. The Morgan fingerprint density at radius 3 is 2.52 bits per heavy atom. The molecule has 1 aromatic carbocycles. The Morgan fingerprint density at radius 1 is 1.17 bits per heavy atom. The minimum Gasteiger partial charge on any atom is -0.450 e. The molecule has 0 aromatic heterocycles. The number of ether oxygens (including phenoxy) is 1. The zero-order valence-corrected chi connectivity index (χ0v) is 13.3. The molecule has 126 valence electrons. The van der Waals surface area contributed by atoms with Gasteiger partial charge in [-0.15, -0.1) is 0 Å². The van der Waals surface area contributed by atoms with Gasteiger partial charge in [-0.25, -0.2) is 4.79 Å². The third kappa shape index (κ3) is 6.26. The molecule has 1 aliphatic rings. The third-order valence-corrected chi connectivity index (χ3v) is 4.17. The molecule has 1 aromatic rings. The summed E-state index contributed by atoms with van der Waals surface area (Å²) in [6.45, 7) is 0.408. The third-order valence-electron chi connectivity index (χ3n) is 4.17. The van der Waals surface area contributed by atoms with Gasteiger partial charge in [0, 0.05) is 18.2 Å². The van der Waals surface area contributed by atoms with Gasteiger partial charge in [0.2, 0.25) is 0 Å². The SMILES string of the molecule is O=C(NC1CCCCC1)OCCCCc1ccc([N+](=O)[O-])cc1. The van der Waals surface area contributed by atoms with Crippen molar-refractivity contribution < 1.29 is 14.5 Å². The van der Waals surface area contributed by atoms with Crippen LogP contribution in [0.3, 0.4) is 0 Å². The molecule has 2 rings (SSSR count). The van der Waals surface area contributed by atoms with Gasteiger partial charge in [-0.1, -0.05) is 31.4 Å². The monoisotopic (exact) mass is 320 g/mol. The first-order valence-corrected chi connectivity index (χ1v) is 8.32. The van der Waals surface area contributed by atoms with E-state index in [1.54, 1.807) is 12.1 Å². The normalized spacial score (nSPS) is 15.1. The number of benzene rings is 1. The molecule has 6 heteroatoms. The molecular weight excluding hydrogens is 296 g/mol. The zero-order valence-electron chi connectivity index (χ0n) is 13.3. The smallest absolute Gasteiger partial charge is 0.407 e. The summed E-state index contributed by atoms with van der Waals surface area (Å²) in [4.78, 5) is 21.8. The molecule has 0 saturated heterocycles. The molecular formula is C17H24N2O4. The number of amides is 1.